The molecule has 1 aromatic rings. The first-order valence-corrected chi connectivity index (χ1v) is 5.48. The summed E-state index contributed by atoms with van der Waals surface area (Å²) in [5, 5.41) is 9.66. The number of hydrogen-bond donors (Lipinski definition) is 2. The van der Waals surface area contributed by atoms with Gasteiger partial charge in [-0.1, -0.05) is 15.9 Å². The van der Waals surface area contributed by atoms with Crippen molar-refractivity contribution in [3.05, 3.63) is 28.2 Å². The molecule has 0 radical (unpaired) electrons. The fourth-order valence-electron chi connectivity index (χ4n) is 1.25. The maximum absolute atomic E-state index is 12.0. The van der Waals surface area contributed by atoms with Crippen molar-refractivity contribution in [1.29, 1.82) is 0 Å². The van der Waals surface area contributed by atoms with Gasteiger partial charge in [0.05, 0.1) is 6.10 Å². The first-order chi connectivity index (χ1) is 7.69. The first kappa shape index (κ1) is 14.3. The standard InChI is InChI=1S/C10H11BrF3NO2/c1-5(15)9(16)6-2-7(11)4-8(3-6)17-10(12,13)14/h2-5,9,16H,15H2,1H3/t5-,9-/m1/s1. The molecule has 0 amide bonds. The fourth-order valence-corrected chi connectivity index (χ4v) is 1.74. The summed E-state index contributed by atoms with van der Waals surface area (Å²) in [4.78, 5) is 0. The number of halogens is 4. The van der Waals surface area contributed by atoms with E-state index < -0.39 is 24.3 Å². The Morgan fingerprint density at radius 2 is 1.94 bits per heavy atom. The van der Waals surface area contributed by atoms with Gasteiger partial charge in [0.2, 0.25) is 0 Å². The lowest BCUT2D eigenvalue weighted by Crippen LogP contribution is -2.24. The highest BCUT2D eigenvalue weighted by Gasteiger charge is 2.31. The third-order valence-corrected chi connectivity index (χ3v) is 2.42. The van der Waals surface area contributed by atoms with E-state index in [1.807, 2.05) is 0 Å². The second-order valence-corrected chi connectivity index (χ2v) is 4.49. The second-order valence-electron chi connectivity index (χ2n) is 3.57. The molecule has 0 spiro atoms. The first-order valence-electron chi connectivity index (χ1n) is 4.69. The average Bonchev–Trinajstić information content (AvgIpc) is 2.12. The van der Waals surface area contributed by atoms with Crippen LogP contribution in [0.25, 0.3) is 0 Å². The van der Waals surface area contributed by atoms with Gasteiger partial charge < -0.3 is 15.6 Å². The van der Waals surface area contributed by atoms with E-state index in [-0.39, 0.29) is 5.56 Å². The van der Waals surface area contributed by atoms with E-state index in [2.05, 4.69) is 20.7 Å². The van der Waals surface area contributed by atoms with Crippen LogP contribution < -0.4 is 10.5 Å². The molecule has 0 saturated heterocycles. The molecule has 1 aromatic carbocycles. The highest BCUT2D eigenvalue weighted by molar-refractivity contribution is 9.10. The summed E-state index contributed by atoms with van der Waals surface area (Å²) in [7, 11) is 0. The van der Waals surface area contributed by atoms with Crippen LogP contribution in [-0.2, 0) is 0 Å². The molecule has 0 aliphatic rings. The molecule has 0 heterocycles. The van der Waals surface area contributed by atoms with Crippen LogP contribution in [0.4, 0.5) is 13.2 Å². The number of alkyl halides is 3. The summed E-state index contributed by atoms with van der Waals surface area (Å²) in [6.45, 7) is 1.55. The smallest absolute Gasteiger partial charge is 0.406 e. The molecule has 7 heteroatoms. The van der Waals surface area contributed by atoms with E-state index in [0.717, 1.165) is 12.1 Å². The van der Waals surface area contributed by atoms with E-state index in [9.17, 15) is 18.3 Å². The highest BCUT2D eigenvalue weighted by Crippen LogP contribution is 2.30. The van der Waals surface area contributed by atoms with Crippen LogP contribution >= 0.6 is 15.9 Å². The van der Waals surface area contributed by atoms with Gasteiger partial charge in [0.25, 0.3) is 0 Å². The number of aliphatic hydroxyl groups excluding tert-OH is 1. The van der Waals surface area contributed by atoms with Crippen LogP contribution in [0.1, 0.15) is 18.6 Å². The summed E-state index contributed by atoms with van der Waals surface area (Å²) in [5.41, 5.74) is 5.72. The van der Waals surface area contributed by atoms with E-state index in [0.29, 0.717) is 4.47 Å². The van der Waals surface area contributed by atoms with E-state index in [1.165, 1.54) is 6.07 Å². The van der Waals surface area contributed by atoms with Gasteiger partial charge in [-0.25, -0.2) is 0 Å². The minimum atomic E-state index is -4.77. The molecule has 3 N–H and O–H groups in total. The average molecular weight is 314 g/mol. The zero-order valence-corrected chi connectivity index (χ0v) is 10.4. The highest BCUT2D eigenvalue weighted by atomic mass is 79.9. The predicted octanol–water partition coefficient (Wildman–Crippen LogP) is 2.73. The summed E-state index contributed by atoms with van der Waals surface area (Å²) in [6, 6.07) is 3.15. The molecule has 0 aliphatic carbocycles. The van der Waals surface area contributed by atoms with Gasteiger partial charge in [-0.05, 0) is 30.7 Å². The molecule has 0 saturated carbocycles. The number of hydrogen-bond acceptors (Lipinski definition) is 3. The van der Waals surface area contributed by atoms with Gasteiger partial charge in [0, 0.05) is 10.5 Å². The van der Waals surface area contributed by atoms with Gasteiger partial charge in [-0.3, -0.25) is 0 Å². The molecule has 1 rings (SSSR count). The van der Waals surface area contributed by atoms with Gasteiger partial charge in [-0.15, -0.1) is 13.2 Å². The predicted molar refractivity (Wildman–Crippen MR) is 59.4 cm³/mol. The van der Waals surface area contributed by atoms with E-state index in [1.54, 1.807) is 6.92 Å². The quantitative estimate of drug-likeness (QED) is 0.902. The van der Waals surface area contributed by atoms with Crippen molar-refractivity contribution < 1.29 is 23.0 Å². The Hall–Kier alpha value is -0.790. The Morgan fingerprint density at radius 1 is 1.35 bits per heavy atom. The molecular weight excluding hydrogens is 303 g/mol. The zero-order chi connectivity index (χ0) is 13.2. The normalized spacial score (nSPS) is 15.5. The summed E-state index contributed by atoms with van der Waals surface area (Å²) in [5.74, 6) is -0.401. The number of benzene rings is 1. The maximum atomic E-state index is 12.0. The molecular formula is C10H11BrF3NO2. The van der Waals surface area contributed by atoms with Crippen molar-refractivity contribution >= 4 is 15.9 Å². The molecule has 96 valence electrons. The number of ether oxygens (including phenoxy) is 1. The van der Waals surface area contributed by atoms with Crippen LogP contribution in [0.15, 0.2) is 22.7 Å². The van der Waals surface area contributed by atoms with E-state index >= 15 is 0 Å². The fraction of sp³-hybridized carbons (Fsp3) is 0.400. The van der Waals surface area contributed by atoms with Crippen molar-refractivity contribution in [3.63, 3.8) is 0 Å². The monoisotopic (exact) mass is 313 g/mol. The van der Waals surface area contributed by atoms with Crippen molar-refractivity contribution in [1.82, 2.24) is 0 Å². The molecule has 0 bridgehead atoms. The second kappa shape index (κ2) is 5.24. The van der Waals surface area contributed by atoms with Gasteiger partial charge in [0.15, 0.2) is 0 Å². The minimum absolute atomic E-state index is 0.258. The van der Waals surface area contributed by atoms with Crippen molar-refractivity contribution in [3.8, 4) is 5.75 Å². The summed E-state index contributed by atoms with van der Waals surface area (Å²) >= 11 is 3.04. The van der Waals surface area contributed by atoms with Crippen LogP contribution in [0, 0.1) is 0 Å². The molecule has 0 aliphatic heterocycles. The lowest BCUT2D eigenvalue weighted by molar-refractivity contribution is -0.274. The largest absolute Gasteiger partial charge is 0.573 e. The third kappa shape index (κ3) is 4.53. The Balaban J connectivity index is 3.02. The van der Waals surface area contributed by atoms with Crippen LogP contribution in [0.5, 0.6) is 5.75 Å². The van der Waals surface area contributed by atoms with Crippen molar-refractivity contribution in [2.24, 2.45) is 5.73 Å². The van der Waals surface area contributed by atoms with Crippen LogP contribution in [0.2, 0.25) is 0 Å². The zero-order valence-electron chi connectivity index (χ0n) is 8.83. The Bertz CT molecular complexity index is 396. The topological polar surface area (TPSA) is 55.5 Å². The van der Waals surface area contributed by atoms with Crippen molar-refractivity contribution in [2.45, 2.75) is 25.4 Å². The summed E-state index contributed by atoms with van der Waals surface area (Å²) in [6.07, 6.45) is -5.82. The van der Waals surface area contributed by atoms with E-state index in [4.69, 9.17) is 5.73 Å². The third-order valence-electron chi connectivity index (χ3n) is 1.97. The minimum Gasteiger partial charge on any atom is -0.406 e. The number of aliphatic hydroxyl groups is 1. The van der Waals surface area contributed by atoms with Crippen molar-refractivity contribution in [2.75, 3.05) is 0 Å². The van der Waals surface area contributed by atoms with Crippen LogP contribution in [-0.4, -0.2) is 17.5 Å². The van der Waals surface area contributed by atoms with Gasteiger partial charge in [-0.2, -0.15) is 0 Å². The molecule has 3 nitrogen and oxygen atoms in total. The molecule has 0 aromatic heterocycles. The lowest BCUT2D eigenvalue weighted by atomic mass is 10.0. The Kier molecular flexibility index (Phi) is 4.40. The SMILES string of the molecule is C[C@@H](N)[C@@H](O)c1cc(Br)cc(OC(F)(F)F)c1. The van der Waals surface area contributed by atoms with Gasteiger partial charge >= 0.3 is 6.36 Å². The molecule has 2 atom stereocenters. The molecule has 17 heavy (non-hydrogen) atoms. The Morgan fingerprint density at radius 3 is 2.41 bits per heavy atom. The molecule has 0 fully saturated rings. The number of nitrogens with two attached hydrogens (primary N) is 1. The number of rotatable bonds is 3. The maximum Gasteiger partial charge on any atom is 0.573 e. The summed E-state index contributed by atoms with van der Waals surface area (Å²) < 4.78 is 40.3. The van der Waals surface area contributed by atoms with Crippen LogP contribution in [0.3, 0.4) is 0 Å². The molecule has 0 unspecified atom stereocenters. The Labute approximate surface area is 105 Å². The van der Waals surface area contributed by atoms with Gasteiger partial charge in [0.1, 0.15) is 5.75 Å². The lowest BCUT2D eigenvalue weighted by Gasteiger charge is -2.17.